The summed E-state index contributed by atoms with van der Waals surface area (Å²) >= 11 is 0. The van der Waals surface area contributed by atoms with Crippen LogP contribution in [0.4, 0.5) is 0 Å². The van der Waals surface area contributed by atoms with Crippen molar-refractivity contribution in [2.45, 2.75) is 303 Å². The van der Waals surface area contributed by atoms with Crippen LogP contribution < -0.4 is 0 Å². The summed E-state index contributed by atoms with van der Waals surface area (Å²) in [7, 11) is -4.76. The molecule has 0 spiro atoms. The number of phosphoric acid groups is 1. The zero-order chi connectivity index (χ0) is 56.9. The summed E-state index contributed by atoms with van der Waals surface area (Å²) in [6, 6.07) is 0. The van der Waals surface area contributed by atoms with Gasteiger partial charge in [0.15, 0.2) is 6.10 Å². The van der Waals surface area contributed by atoms with Crippen LogP contribution >= 0.6 is 7.82 Å². The molecule has 0 aromatic rings. The Balaban J connectivity index is 4.72. The maximum atomic E-state index is 13.0. The third-order valence-electron chi connectivity index (χ3n) is 13.6. The van der Waals surface area contributed by atoms with E-state index >= 15 is 0 Å². The van der Waals surface area contributed by atoms with Crippen molar-refractivity contribution in [3.63, 3.8) is 0 Å². The Labute approximate surface area is 478 Å². The van der Waals surface area contributed by atoms with Gasteiger partial charge in [-0.25, -0.2) is 4.57 Å². The van der Waals surface area contributed by atoms with Gasteiger partial charge < -0.3 is 24.2 Å². The third kappa shape index (κ3) is 57.6. The summed E-state index contributed by atoms with van der Waals surface area (Å²) in [6.07, 6.45) is 68.5. The van der Waals surface area contributed by atoms with Crippen molar-refractivity contribution in [2.75, 3.05) is 26.4 Å². The maximum Gasteiger partial charge on any atom is 0.472 e. The fourth-order valence-electron chi connectivity index (χ4n) is 8.79. The van der Waals surface area contributed by atoms with E-state index in [1.165, 1.54) is 103 Å². The molecule has 0 aliphatic heterocycles. The van der Waals surface area contributed by atoms with E-state index in [1.807, 2.05) is 0 Å². The van der Waals surface area contributed by atoms with E-state index in [2.05, 4.69) is 93.7 Å². The lowest BCUT2D eigenvalue weighted by atomic mass is 10.0. The molecule has 2 N–H and O–H groups in total. The van der Waals surface area contributed by atoms with E-state index in [1.54, 1.807) is 0 Å². The van der Waals surface area contributed by atoms with Gasteiger partial charge in [0, 0.05) is 19.3 Å². The summed E-state index contributed by atoms with van der Waals surface area (Å²) in [5.74, 6) is -1.48. The zero-order valence-corrected chi connectivity index (χ0v) is 51.0. The van der Waals surface area contributed by atoms with Crippen molar-refractivity contribution in [1.82, 2.24) is 0 Å². The van der Waals surface area contributed by atoms with Crippen molar-refractivity contribution in [1.29, 1.82) is 0 Å². The monoisotopic (exact) mass is 1120 g/mol. The molecule has 0 rings (SSSR count). The SMILES string of the molecule is CC/C=C\C/C=C\C/C=C\C/C=C\CCCCCCCCC(=O)OCC(COP(=O)(O)OCC(CO)OC(=O)CCCCCCC/C=C\C/C=C\CCCCC)OC(=O)CCCCCCCCCCCCCCCCCCC. The van der Waals surface area contributed by atoms with Crippen LogP contribution in [0.25, 0.3) is 0 Å². The second-order valence-corrected chi connectivity index (χ2v) is 22.7. The summed E-state index contributed by atoms with van der Waals surface area (Å²) < 4.78 is 39.7. The molecule has 0 saturated heterocycles. The fraction of sp³-hybridized carbons (Fsp3) is 0.773. The molecule has 3 atom stereocenters. The first-order chi connectivity index (χ1) is 38.2. The van der Waals surface area contributed by atoms with Crippen molar-refractivity contribution in [3.05, 3.63) is 72.9 Å². The van der Waals surface area contributed by atoms with E-state index in [0.717, 1.165) is 128 Å². The van der Waals surface area contributed by atoms with Crippen LogP contribution in [0.15, 0.2) is 72.9 Å². The predicted molar refractivity (Wildman–Crippen MR) is 325 cm³/mol. The Morgan fingerprint density at radius 3 is 1.05 bits per heavy atom. The number of ether oxygens (including phenoxy) is 3. The van der Waals surface area contributed by atoms with Crippen LogP contribution in [0.5, 0.6) is 0 Å². The predicted octanol–water partition coefficient (Wildman–Crippen LogP) is 19.3. The number of carbonyl (C=O) groups excluding carboxylic acids is 3. The number of aliphatic hydroxyl groups excluding tert-OH is 1. The molecule has 11 nitrogen and oxygen atoms in total. The summed E-state index contributed by atoms with van der Waals surface area (Å²) in [5.41, 5.74) is 0. The van der Waals surface area contributed by atoms with Gasteiger partial charge in [0.1, 0.15) is 12.7 Å². The summed E-state index contributed by atoms with van der Waals surface area (Å²) in [5, 5.41) is 9.84. The van der Waals surface area contributed by atoms with Crippen molar-refractivity contribution in [3.8, 4) is 0 Å². The van der Waals surface area contributed by atoms with Crippen LogP contribution in [-0.2, 0) is 42.2 Å². The van der Waals surface area contributed by atoms with Crippen LogP contribution in [0.1, 0.15) is 290 Å². The molecule has 452 valence electrons. The molecule has 0 bridgehead atoms. The average molecular weight is 1120 g/mol. The number of hydrogen-bond donors (Lipinski definition) is 2. The summed E-state index contributed by atoms with van der Waals surface area (Å²) in [4.78, 5) is 48.7. The van der Waals surface area contributed by atoms with Gasteiger partial charge in [-0.3, -0.25) is 23.4 Å². The van der Waals surface area contributed by atoms with Gasteiger partial charge in [-0.2, -0.15) is 0 Å². The maximum absolute atomic E-state index is 13.0. The Bertz CT molecular complexity index is 1590. The minimum absolute atomic E-state index is 0.160. The first kappa shape index (κ1) is 74.9. The van der Waals surface area contributed by atoms with Crippen molar-refractivity contribution < 1.29 is 52.2 Å². The average Bonchev–Trinajstić information content (AvgIpc) is 3.43. The number of rotatable bonds is 59. The lowest BCUT2D eigenvalue weighted by Crippen LogP contribution is -2.30. The first-order valence-electron chi connectivity index (χ1n) is 31.8. The van der Waals surface area contributed by atoms with E-state index in [4.69, 9.17) is 23.3 Å². The molecule has 0 saturated carbocycles. The number of hydrogen-bond acceptors (Lipinski definition) is 10. The highest BCUT2D eigenvalue weighted by Crippen LogP contribution is 2.43. The molecule has 0 aliphatic rings. The molecule has 0 aromatic carbocycles. The number of phosphoric ester groups is 1. The van der Waals surface area contributed by atoms with Crippen LogP contribution in [0.2, 0.25) is 0 Å². The van der Waals surface area contributed by atoms with Gasteiger partial charge in [-0.15, -0.1) is 0 Å². The molecule has 0 aliphatic carbocycles. The molecule has 0 fully saturated rings. The minimum Gasteiger partial charge on any atom is -0.462 e. The smallest absolute Gasteiger partial charge is 0.462 e. The van der Waals surface area contributed by atoms with Crippen LogP contribution in [0, 0.1) is 0 Å². The van der Waals surface area contributed by atoms with E-state index in [9.17, 15) is 28.9 Å². The lowest BCUT2D eigenvalue weighted by Gasteiger charge is -2.21. The van der Waals surface area contributed by atoms with Gasteiger partial charge in [-0.1, -0.05) is 254 Å². The minimum atomic E-state index is -4.76. The Morgan fingerprint density at radius 2 is 0.667 bits per heavy atom. The number of aliphatic hydroxyl groups is 1. The molecular formula is C66H117O11P. The van der Waals surface area contributed by atoms with Gasteiger partial charge in [0.05, 0.1) is 19.8 Å². The highest BCUT2D eigenvalue weighted by molar-refractivity contribution is 7.47. The second-order valence-electron chi connectivity index (χ2n) is 21.2. The van der Waals surface area contributed by atoms with E-state index in [-0.39, 0.29) is 25.9 Å². The normalized spacial score (nSPS) is 13.8. The molecule has 0 radical (unpaired) electrons. The van der Waals surface area contributed by atoms with Crippen LogP contribution in [-0.4, -0.2) is 66.5 Å². The van der Waals surface area contributed by atoms with Crippen molar-refractivity contribution in [2.24, 2.45) is 0 Å². The second kappa shape index (κ2) is 60.0. The topological polar surface area (TPSA) is 155 Å². The number of carbonyl (C=O) groups is 3. The van der Waals surface area contributed by atoms with Crippen LogP contribution in [0.3, 0.4) is 0 Å². The highest BCUT2D eigenvalue weighted by atomic mass is 31.2. The third-order valence-corrected chi connectivity index (χ3v) is 14.6. The van der Waals surface area contributed by atoms with Gasteiger partial charge >= 0.3 is 25.7 Å². The lowest BCUT2D eigenvalue weighted by molar-refractivity contribution is -0.161. The first-order valence-corrected chi connectivity index (χ1v) is 33.3. The zero-order valence-electron chi connectivity index (χ0n) is 50.1. The molecule has 0 heterocycles. The van der Waals surface area contributed by atoms with Gasteiger partial charge in [0.2, 0.25) is 0 Å². The standard InChI is InChI=1S/C66H117O11P/c1-4-7-10-13-16-19-22-25-28-30-31-33-35-37-40-43-46-49-52-55-64(68)73-59-63(77-66(70)57-54-51-48-45-42-39-36-32-29-26-23-20-17-14-11-8-5-2)61-75-78(71,72)74-60-62(58-67)76-65(69)56-53-50-47-44-41-38-34-27-24-21-18-15-12-9-6-3/h7,10,16,18-19,21,25,27-28,31,33-34,62-63,67H,4-6,8-9,11-15,17,20,22-24,26,29-30,32,35-61H2,1-3H3,(H,71,72)/b10-7-,19-16-,21-18-,28-25-,33-31-,34-27-. The molecule has 12 heteroatoms. The number of allylic oxidation sites excluding steroid dienone is 12. The molecule has 0 aromatic heterocycles. The Morgan fingerprint density at radius 1 is 0.372 bits per heavy atom. The molecule has 3 unspecified atom stereocenters. The quantitative estimate of drug-likeness (QED) is 0.0197. The molecular weight excluding hydrogens is 1000 g/mol. The van der Waals surface area contributed by atoms with Gasteiger partial charge in [-0.05, 0) is 89.9 Å². The van der Waals surface area contributed by atoms with E-state index in [0.29, 0.717) is 19.3 Å². The molecule has 78 heavy (non-hydrogen) atoms. The fourth-order valence-corrected chi connectivity index (χ4v) is 9.57. The van der Waals surface area contributed by atoms with E-state index < -0.39 is 57.8 Å². The Hall–Kier alpha value is -3.08. The number of unbranched alkanes of at least 4 members (excludes halogenated alkanes) is 30. The molecule has 0 amide bonds. The largest absolute Gasteiger partial charge is 0.472 e. The van der Waals surface area contributed by atoms with Crippen molar-refractivity contribution >= 4 is 25.7 Å². The Kier molecular flexibility index (Phi) is 57.7. The van der Waals surface area contributed by atoms with Gasteiger partial charge in [0.25, 0.3) is 0 Å². The number of esters is 3. The summed E-state index contributed by atoms with van der Waals surface area (Å²) in [6.45, 7) is 4.52. The highest BCUT2D eigenvalue weighted by Gasteiger charge is 2.28.